The van der Waals surface area contributed by atoms with Gasteiger partial charge < -0.3 is 10.2 Å². The molecule has 16 heavy (non-hydrogen) atoms. The van der Waals surface area contributed by atoms with Crippen molar-refractivity contribution in [2.24, 2.45) is 5.92 Å². The van der Waals surface area contributed by atoms with Gasteiger partial charge in [0.1, 0.15) is 0 Å². The minimum Gasteiger partial charge on any atom is -0.310 e. The first-order chi connectivity index (χ1) is 7.75. The lowest BCUT2D eigenvalue weighted by atomic mass is 9.92. The van der Waals surface area contributed by atoms with Crippen LogP contribution in [0.3, 0.4) is 0 Å². The molecule has 1 saturated carbocycles. The summed E-state index contributed by atoms with van der Waals surface area (Å²) < 4.78 is 0. The molecule has 2 fully saturated rings. The monoisotopic (exact) mass is 224 g/mol. The van der Waals surface area contributed by atoms with E-state index in [1.165, 1.54) is 58.0 Å². The third-order valence-electron chi connectivity index (χ3n) is 4.50. The highest BCUT2D eigenvalue weighted by Crippen LogP contribution is 2.26. The van der Waals surface area contributed by atoms with Gasteiger partial charge in [-0.05, 0) is 45.7 Å². The Morgan fingerprint density at radius 2 is 1.75 bits per heavy atom. The SMILES string of the molecule is C[C@@H](NC1CCN(C)C1)C1CCCCCC1. The molecule has 0 amide bonds. The fraction of sp³-hybridized carbons (Fsp3) is 1.00. The fourth-order valence-electron chi connectivity index (χ4n) is 3.39. The van der Waals surface area contributed by atoms with E-state index in [-0.39, 0.29) is 0 Å². The van der Waals surface area contributed by atoms with E-state index in [2.05, 4.69) is 24.2 Å². The van der Waals surface area contributed by atoms with E-state index in [1.54, 1.807) is 0 Å². The molecule has 0 aromatic rings. The molecule has 94 valence electrons. The number of nitrogens with one attached hydrogen (secondary N) is 1. The lowest BCUT2D eigenvalue weighted by Crippen LogP contribution is -2.42. The van der Waals surface area contributed by atoms with Crippen molar-refractivity contribution < 1.29 is 0 Å². The molecule has 0 radical (unpaired) electrons. The van der Waals surface area contributed by atoms with Crippen LogP contribution in [0.1, 0.15) is 51.9 Å². The molecule has 2 nitrogen and oxygen atoms in total. The van der Waals surface area contributed by atoms with Crippen molar-refractivity contribution in [2.45, 2.75) is 64.0 Å². The molecular formula is C14H28N2. The van der Waals surface area contributed by atoms with E-state index >= 15 is 0 Å². The molecule has 1 heterocycles. The zero-order chi connectivity index (χ0) is 11.4. The van der Waals surface area contributed by atoms with Crippen molar-refractivity contribution >= 4 is 0 Å². The van der Waals surface area contributed by atoms with Crippen LogP contribution in [0.25, 0.3) is 0 Å². The van der Waals surface area contributed by atoms with Crippen LogP contribution in [0.4, 0.5) is 0 Å². The first kappa shape index (κ1) is 12.4. The van der Waals surface area contributed by atoms with Gasteiger partial charge in [0.05, 0.1) is 0 Å². The maximum absolute atomic E-state index is 3.87. The Bertz CT molecular complexity index is 197. The molecule has 2 rings (SSSR count). The molecular weight excluding hydrogens is 196 g/mol. The number of hydrogen-bond acceptors (Lipinski definition) is 2. The maximum atomic E-state index is 3.87. The van der Waals surface area contributed by atoms with E-state index in [4.69, 9.17) is 0 Å². The molecule has 1 saturated heterocycles. The second-order valence-corrected chi connectivity index (χ2v) is 5.95. The summed E-state index contributed by atoms with van der Waals surface area (Å²) in [6.07, 6.45) is 10.1. The quantitative estimate of drug-likeness (QED) is 0.741. The van der Waals surface area contributed by atoms with E-state index in [1.807, 2.05) is 0 Å². The van der Waals surface area contributed by atoms with Crippen LogP contribution in [0.15, 0.2) is 0 Å². The molecule has 1 aliphatic heterocycles. The Morgan fingerprint density at radius 1 is 1.06 bits per heavy atom. The van der Waals surface area contributed by atoms with Gasteiger partial charge in [-0.1, -0.05) is 25.7 Å². The van der Waals surface area contributed by atoms with Gasteiger partial charge in [-0.3, -0.25) is 0 Å². The minimum atomic E-state index is 0.731. The van der Waals surface area contributed by atoms with Crippen LogP contribution < -0.4 is 5.32 Å². The summed E-state index contributed by atoms with van der Waals surface area (Å²) in [5.41, 5.74) is 0. The molecule has 2 atom stereocenters. The third kappa shape index (κ3) is 3.46. The third-order valence-corrected chi connectivity index (χ3v) is 4.50. The Hall–Kier alpha value is -0.0800. The standard InChI is InChI=1S/C14H28N2/c1-12(13-7-5-3-4-6-8-13)15-14-9-10-16(2)11-14/h12-15H,3-11H2,1-2H3/t12-,14?/m1/s1. The second kappa shape index (κ2) is 6.02. The highest BCUT2D eigenvalue weighted by molar-refractivity contribution is 4.84. The first-order valence-corrected chi connectivity index (χ1v) is 7.20. The molecule has 0 bridgehead atoms. The highest BCUT2D eigenvalue weighted by atomic mass is 15.2. The van der Waals surface area contributed by atoms with E-state index in [0.717, 1.165) is 18.0 Å². The molecule has 1 N–H and O–H groups in total. The summed E-state index contributed by atoms with van der Waals surface area (Å²) in [6, 6.07) is 1.48. The largest absolute Gasteiger partial charge is 0.310 e. The topological polar surface area (TPSA) is 15.3 Å². The summed E-state index contributed by atoms with van der Waals surface area (Å²) in [4.78, 5) is 2.44. The predicted octanol–water partition coefficient (Wildman–Crippen LogP) is 2.64. The van der Waals surface area contributed by atoms with Crippen LogP contribution in [-0.2, 0) is 0 Å². The number of likely N-dealkylation sites (tertiary alicyclic amines) is 1. The van der Waals surface area contributed by atoms with Crippen LogP contribution in [-0.4, -0.2) is 37.1 Å². The predicted molar refractivity (Wildman–Crippen MR) is 69.7 cm³/mol. The highest BCUT2D eigenvalue weighted by Gasteiger charge is 2.24. The molecule has 2 aliphatic rings. The van der Waals surface area contributed by atoms with Crippen LogP contribution in [0.2, 0.25) is 0 Å². The van der Waals surface area contributed by atoms with Crippen molar-refractivity contribution in [1.82, 2.24) is 10.2 Å². The summed E-state index contributed by atoms with van der Waals surface area (Å²) >= 11 is 0. The average Bonchev–Trinajstić information content (AvgIpc) is 2.56. The van der Waals surface area contributed by atoms with Crippen molar-refractivity contribution in [1.29, 1.82) is 0 Å². The molecule has 1 aliphatic carbocycles. The van der Waals surface area contributed by atoms with E-state index < -0.39 is 0 Å². The van der Waals surface area contributed by atoms with Crippen LogP contribution in [0, 0.1) is 5.92 Å². The van der Waals surface area contributed by atoms with Gasteiger partial charge in [0.25, 0.3) is 0 Å². The Kier molecular flexibility index (Phi) is 4.66. The summed E-state index contributed by atoms with van der Waals surface area (Å²) in [5.74, 6) is 0.938. The minimum absolute atomic E-state index is 0.731. The Morgan fingerprint density at radius 3 is 2.31 bits per heavy atom. The van der Waals surface area contributed by atoms with E-state index in [9.17, 15) is 0 Å². The zero-order valence-electron chi connectivity index (χ0n) is 11.0. The van der Waals surface area contributed by atoms with Gasteiger partial charge in [0, 0.05) is 18.6 Å². The molecule has 0 aromatic heterocycles. The van der Waals surface area contributed by atoms with Gasteiger partial charge in [0.15, 0.2) is 0 Å². The summed E-state index contributed by atoms with van der Waals surface area (Å²) in [6.45, 7) is 4.93. The second-order valence-electron chi connectivity index (χ2n) is 5.95. The summed E-state index contributed by atoms with van der Waals surface area (Å²) in [7, 11) is 2.23. The van der Waals surface area contributed by atoms with Crippen molar-refractivity contribution in [3.63, 3.8) is 0 Å². The molecule has 2 heteroatoms. The molecule has 0 spiro atoms. The van der Waals surface area contributed by atoms with E-state index in [0.29, 0.717) is 0 Å². The fourth-order valence-corrected chi connectivity index (χ4v) is 3.39. The van der Waals surface area contributed by atoms with Crippen molar-refractivity contribution in [3.8, 4) is 0 Å². The van der Waals surface area contributed by atoms with Gasteiger partial charge in [-0.15, -0.1) is 0 Å². The average molecular weight is 224 g/mol. The Labute approximate surface area is 101 Å². The normalized spacial score (nSPS) is 31.5. The lowest BCUT2D eigenvalue weighted by Gasteiger charge is -2.27. The number of nitrogens with zero attached hydrogens (tertiary/aromatic N) is 1. The molecule has 0 aromatic carbocycles. The number of hydrogen-bond donors (Lipinski definition) is 1. The van der Waals surface area contributed by atoms with Gasteiger partial charge in [-0.25, -0.2) is 0 Å². The summed E-state index contributed by atoms with van der Waals surface area (Å²) in [5, 5.41) is 3.87. The maximum Gasteiger partial charge on any atom is 0.0209 e. The smallest absolute Gasteiger partial charge is 0.0209 e. The zero-order valence-corrected chi connectivity index (χ0v) is 11.0. The first-order valence-electron chi connectivity index (χ1n) is 7.20. The van der Waals surface area contributed by atoms with Crippen LogP contribution in [0.5, 0.6) is 0 Å². The molecule has 1 unspecified atom stereocenters. The van der Waals surface area contributed by atoms with Crippen LogP contribution >= 0.6 is 0 Å². The number of rotatable bonds is 3. The van der Waals surface area contributed by atoms with Crippen molar-refractivity contribution in [2.75, 3.05) is 20.1 Å². The lowest BCUT2D eigenvalue weighted by molar-refractivity contribution is 0.304. The van der Waals surface area contributed by atoms with Crippen molar-refractivity contribution in [3.05, 3.63) is 0 Å². The Balaban J connectivity index is 1.75. The van der Waals surface area contributed by atoms with Gasteiger partial charge in [-0.2, -0.15) is 0 Å². The number of likely N-dealkylation sites (N-methyl/N-ethyl adjacent to an activating group) is 1. The van der Waals surface area contributed by atoms with Gasteiger partial charge in [0.2, 0.25) is 0 Å². The van der Waals surface area contributed by atoms with Gasteiger partial charge >= 0.3 is 0 Å².